The lowest BCUT2D eigenvalue weighted by atomic mass is 10.1. The van der Waals surface area contributed by atoms with Crippen molar-refractivity contribution in [3.63, 3.8) is 0 Å². The molecule has 28 heavy (non-hydrogen) atoms. The topological polar surface area (TPSA) is 64.9 Å². The van der Waals surface area contributed by atoms with Gasteiger partial charge < -0.3 is 19.7 Å². The van der Waals surface area contributed by atoms with Gasteiger partial charge in [-0.05, 0) is 36.8 Å². The molecule has 1 aliphatic heterocycles. The number of hydrogen-bond donors (Lipinski definition) is 2. The maximum absolute atomic E-state index is 12.5. The first-order valence-electron chi connectivity index (χ1n) is 9.43. The summed E-state index contributed by atoms with van der Waals surface area (Å²) in [5, 5.41) is 4.12. The third-order valence-electron chi connectivity index (χ3n) is 4.70. The summed E-state index contributed by atoms with van der Waals surface area (Å²) in [4.78, 5) is 18.2. The van der Waals surface area contributed by atoms with Gasteiger partial charge in [0.1, 0.15) is 24.8 Å². The average molecular weight is 399 g/mol. The molecule has 0 saturated carbocycles. The molecule has 0 fully saturated rings. The predicted molar refractivity (Wildman–Crippen MR) is 109 cm³/mol. The Bertz CT molecular complexity index is 955. The van der Waals surface area contributed by atoms with Crippen LogP contribution in [0.4, 0.5) is 0 Å². The third kappa shape index (κ3) is 4.26. The van der Waals surface area contributed by atoms with Gasteiger partial charge in [-0.25, -0.2) is 4.98 Å². The highest BCUT2D eigenvalue weighted by molar-refractivity contribution is 7.18. The monoisotopic (exact) mass is 398 g/mol. The number of quaternary nitrogens is 1. The van der Waals surface area contributed by atoms with Crippen LogP contribution in [0.1, 0.15) is 23.5 Å². The molecule has 0 saturated heterocycles. The number of rotatable bonds is 6. The highest BCUT2D eigenvalue weighted by Gasteiger charge is 2.18. The Balaban J connectivity index is 1.33. The van der Waals surface area contributed by atoms with Crippen LogP contribution in [-0.2, 0) is 11.3 Å². The van der Waals surface area contributed by atoms with E-state index in [0.717, 1.165) is 39.0 Å². The number of nitrogens with one attached hydrogen (secondary N) is 2. The molecule has 4 rings (SSSR count). The lowest BCUT2D eigenvalue weighted by molar-refractivity contribution is -0.885. The van der Waals surface area contributed by atoms with E-state index < -0.39 is 0 Å². The summed E-state index contributed by atoms with van der Waals surface area (Å²) in [6.45, 7) is 4.22. The van der Waals surface area contributed by atoms with Crippen molar-refractivity contribution in [3.8, 4) is 11.5 Å². The van der Waals surface area contributed by atoms with E-state index in [1.165, 1.54) is 4.70 Å². The molecular formula is C21H24N3O3S+. The van der Waals surface area contributed by atoms with Crippen LogP contribution < -0.4 is 19.7 Å². The Kier molecular flexibility index (Phi) is 5.45. The molecule has 1 unspecified atom stereocenters. The number of aromatic nitrogens is 1. The van der Waals surface area contributed by atoms with Gasteiger partial charge in [0.2, 0.25) is 0 Å². The molecule has 0 radical (unpaired) electrons. The number of carbonyl (C=O) groups excluding carboxylic acids is 1. The van der Waals surface area contributed by atoms with Gasteiger partial charge in [-0.15, -0.1) is 11.3 Å². The van der Waals surface area contributed by atoms with Gasteiger partial charge in [-0.1, -0.05) is 18.2 Å². The lowest BCUT2D eigenvalue weighted by Gasteiger charge is -2.21. The molecule has 0 spiro atoms. The number of nitrogens with zero attached hydrogens (tertiary/aromatic N) is 1. The van der Waals surface area contributed by atoms with E-state index in [2.05, 4.69) is 16.4 Å². The van der Waals surface area contributed by atoms with Crippen molar-refractivity contribution in [1.82, 2.24) is 10.3 Å². The van der Waals surface area contributed by atoms with Crippen molar-refractivity contribution in [3.05, 3.63) is 53.0 Å². The Morgan fingerprint density at radius 2 is 2.00 bits per heavy atom. The summed E-state index contributed by atoms with van der Waals surface area (Å²) in [6.07, 6.45) is 0. The van der Waals surface area contributed by atoms with Gasteiger partial charge in [0, 0.05) is 0 Å². The first-order chi connectivity index (χ1) is 13.6. The van der Waals surface area contributed by atoms with Gasteiger partial charge in [0.15, 0.2) is 18.0 Å². The molecule has 6 nitrogen and oxygen atoms in total. The summed E-state index contributed by atoms with van der Waals surface area (Å²) >= 11 is 1.69. The lowest BCUT2D eigenvalue weighted by Crippen LogP contribution is -3.08. The number of hydrogen-bond acceptors (Lipinski definition) is 5. The molecule has 0 bridgehead atoms. The van der Waals surface area contributed by atoms with E-state index in [1.807, 2.05) is 50.4 Å². The first-order valence-corrected chi connectivity index (χ1v) is 10.2. The second kappa shape index (κ2) is 8.16. The van der Waals surface area contributed by atoms with Gasteiger partial charge >= 0.3 is 0 Å². The summed E-state index contributed by atoms with van der Waals surface area (Å²) in [5.41, 5.74) is 2.02. The Morgan fingerprint density at radius 3 is 2.82 bits per heavy atom. The maximum Gasteiger partial charge on any atom is 0.275 e. The van der Waals surface area contributed by atoms with E-state index in [0.29, 0.717) is 19.8 Å². The smallest absolute Gasteiger partial charge is 0.275 e. The van der Waals surface area contributed by atoms with Crippen LogP contribution >= 0.6 is 11.3 Å². The van der Waals surface area contributed by atoms with E-state index in [-0.39, 0.29) is 11.9 Å². The Labute approximate surface area is 168 Å². The molecule has 2 N–H and O–H groups in total. The van der Waals surface area contributed by atoms with Crippen LogP contribution in [0.2, 0.25) is 0 Å². The van der Waals surface area contributed by atoms with E-state index in [4.69, 9.17) is 9.47 Å². The number of ether oxygens (including phenoxy) is 2. The van der Waals surface area contributed by atoms with Crippen molar-refractivity contribution in [2.75, 3.05) is 26.8 Å². The van der Waals surface area contributed by atoms with Crippen molar-refractivity contribution in [2.24, 2.45) is 0 Å². The molecule has 3 aromatic rings. The number of likely N-dealkylation sites (N-methyl/N-ethyl adjacent to an activating group) is 1. The van der Waals surface area contributed by atoms with Crippen molar-refractivity contribution in [2.45, 2.75) is 19.5 Å². The zero-order chi connectivity index (χ0) is 19.5. The third-order valence-corrected chi connectivity index (χ3v) is 5.73. The normalized spacial score (nSPS) is 15.2. The van der Waals surface area contributed by atoms with E-state index in [9.17, 15) is 4.79 Å². The van der Waals surface area contributed by atoms with Gasteiger partial charge in [-0.2, -0.15) is 0 Å². The molecule has 7 heteroatoms. The van der Waals surface area contributed by atoms with Gasteiger partial charge in [-0.3, -0.25) is 4.79 Å². The number of benzene rings is 2. The highest BCUT2D eigenvalue weighted by atomic mass is 32.1. The van der Waals surface area contributed by atoms with E-state index in [1.54, 1.807) is 11.3 Å². The number of carbonyl (C=O) groups is 1. The number of para-hydroxylation sites is 1. The highest BCUT2D eigenvalue weighted by Crippen LogP contribution is 2.32. The summed E-state index contributed by atoms with van der Waals surface area (Å²) in [7, 11) is 2.01. The largest absolute Gasteiger partial charge is 0.486 e. The standard InChI is InChI=1S/C21H23N3O3S/c1-14(15-7-8-17-18(11-15)27-10-9-26-17)22-20(25)12-24(2)13-21-23-16-5-3-4-6-19(16)28-21/h3-8,11,14H,9-10,12-13H2,1-2H3,(H,22,25)/p+1/t14-/m1/s1. The number of amides is 1. The summed E-state index contributed by atoms with van der Waals surface area (Å²) in [5.74, 6) is 1.51. The van der Waals surface area contributed by atoms with Crippen molar-refractivity contribution in [1.29, 1.82) is 0 Å². The molecule has 1 aromatic heterocycles. The molecule has 146 valence electrons. The minimum atomic E-state index is -0.0985. The fraction of sp³-hybridized carbons (Fsp3) is 0.333. The van der Waals surface area contributed by atoms with E-state index >= 15 is 0 Å². The van der Waals surface area contributed by atoms with Crippen LogP contribution in [0.5, 0.6) is 11.5 Å². The molecule has 2 atom stereocenters. The SMILES string of the molecule is C[C@@H](NC(=O)C[NH+](C)Cc1nc2ccccc2s1)c1ccc2c(c1)OCCO2. The van der Waals surface area contributed by atoms with Crippen LogP contribution in [0.3, 0.4) is 0 Å². The van der Waals surface area contributed by atoms with Crippen LogP contribution in [0.15, 0.2) is 42.5 Å². The summed E-state index contributed by atoms with van der Waals surface area (Å²) < 4.78 is 12.4. The number of thiazole rings is 1. The number of fused-ring (bicyclic) bond motifs is 2. The minimum Gasteiger partial charge on any atom is -0.486 e. The molecule has 0 aliphatic carbocycles. The van der Waals surface area contributed by atoms with Gasteiger partial charge in [0.05, 0.1) is 23.3 Å². The van der Waals surface area contributed by atoms with Crippen LogP contribution in [-0.4, -0.2) is 37.7 Å². The zero-order valence-electron chi connectivity index (χ0n) is 16.0. The zero-order valence-corrected chi connectivity index (χ0v) is 16.8. The molecular weight excluding hydrogens is 374 g/mol. The van der Waals surface area contributed by atoms with Crippen LogP contribution in [0.25, 0.3) is 10.2 Å². The predicted octanol–water partition coefficient (Wildman–Crippen LogP) is 1.96. The Morgan fingerprint density at radius 1 is 1.21 bits per heavy atom. The first kappa shape index (κ1) is 18.7. The van der Waals surface area contributed by atoms with Crippen molar-refractivity contribution >= 4 is 27.5 Å². The molecule has 1 aliphatic rings. The van der Waals surface area contributed by atoms with Crippen molar-refractivity contribution < 1.29 is 19.2 Å². The van der Waals surface area contributed by atoms with Crippen LogP contribution in [0, 0.1) is 0 Å². The van der Waals surface area contributed by atoms with Gasteiger partial charge in [0.25, 0.3) is 5.91 Å². The average Bonchev–Trinajstić information content (AvgIpc) is 3.09. The molecule has 2 heterocycles. The molecule has 1 amide bonds. The quantitative estimate of drug-likeness (QED) is 0.666. The fourth-order valence-electron chi connectivity index (χ4n) is 3.30. The second-order valence-corrected chi connectivity index (χ2v) is 8.19. The Hall–Kier alpha value is -2.64. The molecule has 2 aromatic carbocycles. The maximum atomic E-state index is 12.5. The summed E-state index contributed by atoms with van der Waals surface area (Å²) in [6, 6.07) is 13.8. The minimum absolute atomic E-state index is 0.0148. The fourth-order valence-corrected chi connectivity index (χ4v) is 4.38. The second-order valence-electron chi connectivity index (χ2n) is 7.08.